The van der Waals surface area contributed by atoms with Crippen LogP contribution in [0.5, 0.6) is 0 Å². The lowest BCUT2D eigenvalue weighted by Crippen LogP contribution is -2.32. The average Bonchev–Trinajstić information content (AvgIpc) is 3.38. The predicted octanol–water partition coefficient (Wildman–Crippen LogP) is 4.42. The summed E-state index contributed by atoms with van der Waals surface area (Å²) in [4.78, 5) is 25.6. The van der Waals surface area contributed by atoms with Crippen molar-refractivity contribution in [3.8, 4) is 0 Å². The number of anilines is 1. The van der Waals surface area contributed by atoms with Gasteiger partial charge in [0, 0.05) is 11.3 Å². The van der Waals surface area contributed by atoms with Gasteiger partial charge in [0.1, 0.15) is 5.82 Å². The summed E-state index contributed by atoms with van der Waals surface area (Å²) < 4.78 is 0. The fourth-order valence-corrected chi connectivity index (χ4v) is 5.24. The van der Waals surface area contributed by atoms with Crippen LogP contribution < -0.4 is 4.90 Å². The lowest BCUT2D eigenvalue weighted by molar-refractivity contribution is -0.116. The van der Waals surface area contributed by atoms with Gasteiger partial charge in [0.15, 0.2) is 5.13 Å². The monoisotopic (exact) mass is 427 g/mol. The van der Waals surface area contributed by atoms with Crippen molar-refractivity contribution in [3.63, 3.8) is 0 Å². The number of aryl methyl sites for hydroxylation is 3. The first-order valence-electron chi connectivity index (χ1n) is 10.1. The van der Waals surface area contributed by atoms with Gasteiger partial charge >= 0.3 is 0 Å². The molecule has 4 rings (SSSR count). The van der Waals surface area contributed by atoms with Crippen LogP contribution in [0.15, 0.2) is 35.5 Å². The Bertz CT molecular complexity index is 930. The van der Waals surface area contributed by atoms with Crippen LogP contribution in [0.1, 0.15) is 48.1 Å². The van der Waals surface area contributed by atoms with E-state index in [0.29, 0.717) is 17.5 Å². The summed E-state index contributed by atoms with van der Waals surface area (Å²) >= 11 is 3.05. The molecule has 29 heavy (non-hydrogen) atoms. The zero-order chi connectivity index (χ0) is 20.1. The van der Waals surface area contributed by atoms with Gasteiger partial charge in [0.05, 0.1) is 18.0 Å². The molecule has 0 bridgehead atoms. The second-order valence-electron chi connectivity index (χ2n) is 7.14. The number of nitrogens with one attached hydrogen (secondary N) is 1. The van der Waals surface area contributed by atoms with Crippen LogP contribution in [0.2, 0.25) is 0 Å². The summed E-state index contributed by atoms with van der Waals surface area (Å²) in [6.07, 6.45) is 6.37. The summed E-state index contributed by atoms with van der Waals surface area (Å²) in [5.74, 6) is 1.20. The number of amides is 1. The molecule has 0 saturated heterocycles. The van der Waals surface area contributed by atoms with Gasteiger partial charge in [0.25, 0.3) is 0 Å². The van der Waals surface area contributed by atoms with E-state index in [1.165, 1.54) is 35.2 Å². The van der Waals surface area contributed by atoms with Crippen molar-refractivity contribution < 1.29 is 4.79 Å². The number of aromatic amines is 1. The van der Waals surface area contributed by atoms with E-state index in [-0.39, 0.29) is 5.91 Å². The molecule has 8 heteroatoms. The molecular formula is C21H25N5OS2. The highest BCUT2D eigenvalue weighted by molar-refractivity contribution is 7.99. The van der Waals surface area contributed by atoms with Crippen molar-refractivity contribution >= 4 is 34.1 Å². The maximum atomic E-state index is 13.2. The van der Waals surface area contributed by atoms with Crippen LogP contribution in [0.3, 0.4) is 0 Å². The van der Waals surface area contributed by atoms with Gasteiger partial charge in [0.2, 0.25) is 11.1 Å². The lowest BCUT2D eigenvalue weighted by Gasteiger charge is -2.19. The highest BCUT2D eigenvalue weighted by atomic mass is 32.2. The number of nitrogens with zero attached hydrogens (tertiary/aromatic N) is 4. The average molecular weight is 428 g/mol. The molecule has 6 nitrogen and oxygen atoms in total. The van der Waals surface area contributed by atoms with E-state index in [1.54, 1.807) is 11.3 Å². The van der Waals surface area contributed by atoms with Crippen molar-refractivity contribution in [2.75, 3.05) is 10.7 Å². The number of benzene rings is 1. The van der Waals surface area contributed by atoms with Crippen LogP contribution in [-0.2, 0) is 30.6 Å². The van der Waals surface area contributed by atoms with Gasteiger partial charge in [-0.3, -0.25) is 14.8 Å². The molecule has 152 valence electrons. The second-order valence-corrected chi connectivity index (χ2v) is 9.15. The third-order valence-electron chi connectivity index (χ3n) is 4.87. The summed E-state index contributed by atoms with van der Waals surface area (Å²) in [7, 11) is 0. The summed E-state index contributed by atoms with van der Waals surface area (Å²) in [5.41, 5.74) is 2.27. The van der Waals surface area contributed by atoms with Crippen LogP contribution in [-0.4, -0.2) is 31.8 Å². The molecule has 1 aromatic carbocycles. The minimum atomic E-state index is 0.0341. The molecule has 0 aliphatic heterocycles. The number of carbonyl (C=O) groups is 1. The Morgan fingerprint density at radius 3 is 2.83 bits per heavy atom. The molecule has 2 heterocycles. The fourth-order valence-electron chi connectivity index (χ4n) is 3.38. The van der Waals surface area contributed by atoms with Crippen molar-refractivity contribution in [3.05, 3.63) is 52.3 Å². The molecule has 0 fully saturated rings. The summed E-state index contributed by atoms with van der Waals surface area (Å²) in [5, 5.41) is 8.60. The number of rotatable bonds is 8. The Balaban J connectivity index is 1.50. The van der Waals surface area contributed by atoms with Crippen molar-refractivity contribution in [1.29, 1.82) is 0 Å². The second kappa shape index (κ2) is 9.54. The molecule has 1 aliphatic carbocycles. The zero-order valence-corrected chi connectivity index (χ0v) is 18.2. The van der Waals surface area contributed by atoms with Crippen LogP contribution in [0, 0.1) is 0 Å². The quantitative estimate of drug-likeness (QED) is 0.539. The largest absolute Gasteiger partial charge is 0.283 e. The highest BCUT2D eigenvalue weighted by Crippen LogP contribution is 2.33. The molecule has 2 aromatic heterocycles. The normalized spacial score (nSPS) is 13.3. The number of hydrogen-bond acceptors (Lipinski definition) is 6. The highest BCUT2D eigenvalue weighted by Gasteiger charge is 2.24. The van der Waals surface area contributed by atoms with E-state index < -0.39 is 0 Å². The third kappa shape index (κ3) is 5.05. The van der Waals surface area contributed by atoms with Crippen molar-refractivity contribution in [2.45, 2.75) is 57.1 Å². The number of thioether (sulfide) groups is 1. The molecular weight excluding hydrogens is 402 g/mol. The van der Waals surface area contributed by atoms with E-state index in [4.69, 9.17) is 4.98 Å². The van der Waals surface area contributed by atoms with Gasteiger partial charge in [-0.15, -0.1) is 16.4 Å². The maximum Gasteiger partial charge on any atom is 0.239 e. The standard InChI is InChI=1S/C21H25N5OS2/c1-2-8-18-23-20(25-24-18)28-14-19(27)26(13-15-9-4-3-5-10-15)21-22-16-11-6-7-12-17(16)29-21/h3-5,9-10H,2,6-8,11-14H2,1H3,(H,23,24,25). The van der Waals surface area contributed by atoms with E-state index in [0.717, 1.165) is 42.2 Å². The molecule has 1 amide bonds. The minimum Gasteiger partial charge on any atom is -0.283 e. The molecule has 0 radical (unpaired) electrons. The first-order chi connectivity index (χ1) is 14.2. The Morgan fingerprint density at radius 1 is 1.21 bits per heavy atom. The third-order valence-corrected chi connectivity index (χ3v) is 6.89. The maximum absolute atomic E-state index is 13.2. The van der Waals surface area contributed by atoms with Crippen LogP contribution >= 0.6 is 23.1 Å². The SMILES string of the molecule is CCCc1nc(SCC(=O)N(Cc2ccccc2)c2nc3c(s2)CCCC3)n[nH]1. The predicted molar refractivity (Wildman–Crippen MR) is 117 cm³/mol. The molecule has 0 spiro atoms. The van der Waals surface area contributed by atoms with Gasteiger partial charge in [-0.2, -0.15) is 0 Å². The number of thiazole rings is 1. The van der Waals surface area contributed by atoms with E-state index in [1.807, 2.05) is 35.2 Å². The molecule has 1 aliphatic rings. The number of carbonyl (C=O) groups excluding carboxylic acids is 1. The number of H-pyrrole nitrogens is 1. The van der Waals surface area contributed by atoms with Gasteiger partial charge in [-0.05, 0) is 37.7 Å². The zero-order valence-electron chi connectivity index (χ0n) is 16.6. The van der Waals surface area contributed by atoms with Crippen LogP contribution in [0.4, 0.5) is 5.13 Å². The Kier molecular flexibility index (Phi) is 6.61. The lowest BCUT2D eigenvalue weighted by atomic mass is 10.0. The molecule has 0 atom stereocenters. The van der Waals surface area contributed by atoms with Crippen molar-refractivity contribution in [1.82, 2.24) is 20.2 Å². The Hall–Kier alpha value is -2.19. The summed E-state index contributed by atoms with van der Waals surface area (Å²) in [6, 6.07) is 10.1. The minimum absolute atomic E-state index is 0.0341. The number of fused-ring (bicyclic) bond motifs is 1. The first kappa shape index (κ1) is 20.1. The first-order valence-corrected chi connectivity index (χ1v) is 11.9. The van der Waals surface area contributed by atoms with Gasteiger partial charge < -0.3 is 0 Å². The van der Waals surface area contributed by atoms with E-state index in [2.05, 4.69) is 22.1 Å². The van der Waals surface area contributed by atoms with Gasteiger partial charge in [-0.25, -0.2) is 9.97 Å². The van der Waals surface area contributed by atoms with E-state index in [9.17, 15) is 4.79 Å². The number of aromatic nitrogens is 4. The Labute approximate surface area is 179 Å². The molecule has 3 aromatic rings. The van der Waals surface area contributed by atoms with E-state index >= 15 is 0 Å². The number of hydrogen-bond donors (Lipinski definition) is 1. The fraction of sp³-hybridized carbons (Fsp3) is 0.429. The molecule has 1 N–H and O–H groups in total. The van der Waals surface area contributed by atoms with Gasteiger partial charge in [-0.1, -0.05) is 49.0 Å². The Morgan fingerprint density at radius 2 is 2.03 bits per heavy atom. The summed E-state index contributed by atoms with van der Waals surface area (Å²) in [6.45, 7) is 2.63. The molecule has 0 saturated carbocycles. The topological polar surface area (TPSA) is 74.8 Å². The van der Waals surface area contributed by atoms with Crippen molar-refractivity contribution in [2.24, 2.45) is 0 Å². The smallest absolute Gasteiger partial charge is 0.239 e. The molecule has 0 unspecified atom stereocenters. The van der Waals surface area contributed by atoms with Crippen LogP contribution in [0.25, 0.3) is 0 Å².